The van der Waals surface area contributed by atoms with Crippen molar-refractivity contribution in [1.82, 2.24) is 0 Å². The van der Waals surface area contributed by atoms with E-state index in [9.17, 15) is 9.59 Å². The molecule has 4 aliphatic carbocycles. The summed E-state index contributed by atoms with van der Waals surface area (Å²) in [5.41, 5.74) is -0.0299. The van der Waals surface area contributed by atoms with E-state index in [2.05, 4.69) is 36.7 Å². The number of carbonyl (C=O) groups is 2. The molecule has 0 saturated heterocycles. The second kappa shape index (κ2) is 7.10. The second-order valence-corrected chi connectivity index (χ2v) is 12.0. The Morgan fingerprint density at radius 1 is 1.07 bits per heavy atom. The van der Waals surface area contributed by atoms with Gasteiger partial charge in [0, 0.05) is 17.2 Å². The number of rotatable bonds is 5. The molecule has 1 spiro atoms. The van der Waals surface area contributed by atoms with Gasteiger partial charge in [0.2, 0.25) is 0 Å². The zero-order valence-electron chi connectivity index (χ0n) is 17.9. The fourth-order valence-corrected chi connectivity index (χ4v) is 8.67. The summed E-state index contributed by atoms with van der Waals surface area (Å²) in [6.07, 6.45) is 11.6. The first-order valence-electron chi connectivity index (χ1n) is 11.5. The summed E-state index contributed by atoms with van der Waals surface area (Å²) in [7, 11) is 0. The van der Waals surface area contributed by atoms with Gasteiger partial charge in [-0.25, -0.2) is 0 Å². The highest BCUT2D eigenvalue weighted by Gasteiger charge is 2.68. The number of alkyl halides is 1. The van der Waals surface area contributed by atoms with Crippen molar-refractivity contribution < 1.29 is 14.3 Å². The number of Topliss-reactive ketones (excluding diaryl/α,β-unsaturated/α-hetero) is 1. The number of ether oxygens (including phenoxy) is 1. The molecule has 0 aromatic rings. The lowest BCUT2D eigenvalue weighted by Gasteiger charge is -2.63. The normalized spacial score (nSPS) is 47.4. The Labute approximate surface area is 178 Å². The Morgan fingerprint density at radius 2 is 1.82 bits per heavy atom. The van der Waals surface area contributed by atoms with Gasteiger partial charge < -0.3 is 4.74 Å². The van der Waals surface area contributed by atoms with Crippen molar-refractivity contribution in [3.8, 4) is 0 Å². The van der Waals surface area contributed by atoms with Gasteiger partial charge in [-0.05, 0) is 87.4 Å². The van der Waals surface area contributed by atoms with E-state index in [0.717, 1.165) is 63.1 Å². The molecule has 0 N–H and O–H groups in total. The van der Waals surface area contributed by atoms with Crippen LogP contribution in [0.5, 0.6) is 0 Å². The predicted octanol–water partition coefficient (Wildman–Crippen LogP) is 6.08. The van der Waals surface area contributed by atoms with Crippen LogP contribution in [0.3, 0.4) is 0 Å². The Balaban J connectivity index is 1.57. The first-order valence-corrected chi connectivity index (χ1v) is 12.6. The second-order valence-electron chi connectivity index (χ2n) is 11.2. The standard InChI is InChI=1S/C24H37BrO3/c1-21-11-7-18-22(2)9-6-10-23(3,20(27)28-14-5-4-13-25)17(22)8-12-24(18,16-21)15-19(21)26/h17-18H,4-16H2,1-3H3/t17-,18-,21-,22+,23+,24-/m0/s1. The molecule has 2 bridgehead atoms. The van der Waals surface area contributed by atoms with Crippen LogP contribution in [0.1, 0.15) is 91.4 Å². The highest BCUT2D eigenvalue weighted by atomic mass is 79.9. The molecule has 3 nitrogen and oxygen atoms in total. The number of ketones is 1. The first-order chi connectivity index (χ1) is 13.2. The van der Waals surface area contributed by atoms with Gasteiger partial charge in [0.15, 0.2) is 0 Å². The Bertz CT molecular complexity index is 662. The summed E-state index contributed by atoms with van der Waals surface area (Å²) in [5.74, 6) is 1.55. The van der Waals surface area contributed by atoms with Gasteiger partial charge >= 0.3 is 5.97 Å². The number of hydrogen-bond acceptors (Lipinski definition) is 3. The largest absolute Gasteiger partial charge is 0.465 e. The molecule has 0 heterocycles. The van der Waals surface area contributed by atoms with Crippen LogP contribution in [-0.4, -0.2) is 23.7 Å². The molecule has 4 saturated carbocycles. The predicted molar refractivity (Wildman–Crippen MR) is 114 cm³/mol. The summed E-state index contributed by atoms with van der Waals surface area (Å²) in [6, 6.07) is 0. The average molecular weight is 453 g/mol. The van der Waals surface area contributed by atoms with Gasteiger partial charge in [0.1, 0.15) is 5.78 Å². The fraction of sp³-hybridized carbons (Fsp3) is 0.917. The number of esters is 1. The minimum Gasteiger partial charge on any atom is -0.465 e. The molecule has 0 unspecified atom stereocenters. The lowest BCUT2D eigenvalue weighted by molar-refractivity contribution is -0.188. The van der Waals surface area contributed by atoms with Gasteiger partial charge in [0.05, 0.1) is 12.0 Å². The van der Waals surface area contributed by atoms with E-state index in [1.165, 1.54) is 12.8 Å². The zero-order chi connectivity index (χ0) is 20.2. The highest BCUT2D eigenvalue weighted by molar-refractivity contribution is 9.09. The number of carbonyl (C=O) groups excluding carboxylic acids is 2. The maximum atomic E-state index is 13.2. The smallest absolute Gasteiger partial charge is 0.312 e. The van der Waals surface area contributed by atoms with Crippen LogP contribution in [-0.2, 0) is 14.3 Å². The molecule has 158 valence electrons. The van der Waals surface area contributed by atoms with E-state index in [1.807, 2.05) is 0 Å². The molecule has 0 aromatic carbocycles. The number of fused-ring (bicyclic) bond motifs is 3. The SMILES string of the molecule is C[C@@]12CC[C@@H]3[C@@](CC[C@H]4[C@@]3(C)CCC[C@@]4(C)C(=O)OCCCCBr)(CC1=O)C2. The Kier molecular flexibility index (Phi) is 5.29. The first kappa shape index (κ1) is 20.9. The van der Waals surface area contributed by atoms with Gasteiger partial charge in [-0.3, -0.25) is 9.59 Å². The van der Waals surface area contributed by atoms with E-state index in [4.69, 9.17) is 4.74 Å². The van der Waals surface area contributed by atoms with E-state index in [0.29, 0.717) is 24.2 Å². The maximum absolute atomic E-state index is 13.2. The topological polar surface area (TPSA) is 43.4 Å². The zero-order valence-corrected chi connectivity index (χ0v) is 19.5. The van der Waals surface area contributed by atoms with Crippen molar-refractivity contribution in [2.24, 2.45) is 33.5 Å². The molecule has 0 amide bonds. The van der Waals surface area contributed by atoms with Gasteiger partial charge in [-0.2, -0.15) is 0 Å². The highest BCUT2D eigenvalue weighted by Crippen LogP contribution is 2.73. The van der Waals surface area contributed by atoms with E-state index >= 15 is 0 Å². The maximum Gasteiger partial charge on any atom is 0.312 e. The molecule has 4 aliphatic rings. The van der Waals surface area contributed by atoms with Crippen LogP contribution >= 0.6 is 15.9 Å². The van der Waals surface area contributed by atoms with Crippen LogP contribution < -0.4 is 0 Å². The molecular weight excluding hydrogens is 416 g/mol. The monoisotopic (exact) mass is 452 g/mol. The molecular formula is C24H37BrO3. The van der Waals surface area contributed by atoms with Crippen LogP contribution in [0.4, 0.5) is 0 Å². The summed E-state index contributed by atoms with van der Waals surface area (Å²) in [4.78, 5) is 26.0. The van der Waals surface area contributed by atoms with Crippen LogP contribution in [0.15, 0.2) is 0 Å². The molecule has 4 rings (SSSR count). The third-order valence-electron chi connectivity index (χ3n) is 9.58. The van der Waals surface area contributed by atoms with Crippen molar-refractivity contribution in [1.29, 1.82) is 0 Å². The molecule has 6 atom stereocenters. The van der Waals surface area contributed by atoms with E-state index < -0.39 is 0 Å². The minimum absolute atomic E-state index is 0.0390. The molecule has 0 aliphatic heterocycles. The summed E-state index contributed by atoms with van der Waals surface area (Å²) in [6.45, 7) is 7.41. The van der Waals surface area contributed by atoms with Crippen LogP contribution in [0.2, 0.25) is 0 Å². The van der Waals surface area contributed by atoms with Crippen molar-refractivity contribution in [3.63, 3.8) is 0 Å². The lowest BCUT2D eigenvalue weighted by Crippen LogP contribution is -2.58. The van der Waals surface area contributed by atoms with Crippen LogP contribution in [0, 0.1) is 33.5 Å². The average Bonchev–Trinajstić information content (AvgIpc) is 2.82. The molecule has 4 fully saturated rings. The molecule has 0 aromatic heterocycles. The van der Waals surface area contributed by atoms with Crippen molar-refractivity contribution in [2.75, 3.05) is 11.9 Å². The third kappa shape index (κ3) is 2.94. The Morgan fingerprint density at radius 3 is 2.57 bits per heavy atom. The van der Waals surface area contributed by atoms with Crippen molar-refractivity contribution in [3.05, 3.63) is 0 Å². The fourth-order valence-electron chi connectivity index (χ4n) is 8.28. The molecule has 4 heteroatoms. The van der Waals surface area contributed by atoms with Crippen LogP contribution in [0.25, 0.3) is 0 Å². The minimum atomic E-state index is -0.355. The van der Waals surface area contributed by atoms with E-state index in [1.54, 1.807) is 0 Å². The van der Waals surface area contributed by atoms with Crippen molar-refractivity contribution in [2.45, 2.75) is 91.4 Å². The Hall–Kier alpha value is -0.380. The lowest BCUT2D eigenvalue weighted by atomic mass is 9.40. The number of halogens is 1. The van der Waals surface area contributed by atoms with Crippen molar-refractivity contribution >= 4 is 27.7 Å². The summed E-state index contributed by atoms with van der Waals surface area (Å²) < 4.78 is 5.80. The molecule has 28 heavy (non-hydrogen) atoms. The summed E-state index contributed by atoms with van der Waals surface area (Å²) >= 11 is 3.45. The summed E-state index contributed by atoms with van der Waals surface area (Å²) in [5, 5.41) is 0.962. The van der Waals surface area contributed by atoms with Gasteiger partial charge in [0.25, 0.3) is 0 Å². The molecule has 0 radical (unpaired) electrons. The third-order valence-corrected chi connectivity index (χ3v) is 10.1. The number of unbranched alkanes of at least 4 members (excludes halogenated alkanes) is 1. The van der Waals surface area contributed by atoms with Gasteiger partial charge in [-0.1, -0.05) is 36.2 Å². The van der Waals surface area contributed by atoms with Gasteiger partial charge in [-0.15, -0.1) is 0 Å². The number of hydrogen-bond donors (Lipinski definition) is 0. The quantitative estimate of drug-likeness (QED) is 0.288. The van der Waals surface area contributed by atoms with E-state index in [-0.39, 0.29) is 27.6 Å².